The molecule has 7 heteroatoms. The summed E-state index contributed by atoms with van der Waals surface area (Å²) in [6, 6.07) is 0. The van der Waals surface area contributed by atoms with Crippen molar-refractivity contribution in [2.75, 3.05) is 0 Å². The molecule has 2 aliphatic carbocycles. The molecule has 0 saturated heterocycles. The van der Waals surface area contributed by atoms with Gasteiger partial charge in [0.1, 0.15) is 17.3 Å². The van der Waals surface area contributed by atoms with E-state index in [1.54, 1.807) is 17.7 Å². The fourth-order valence-corrected chi connectivity index (χ4v) is 6.35. The molecule has 2 atom stereocenters. The molecule has 0 aliphatic heterocycles. The molecule has 2 aliphatic rings. The van der Waals surface area contributed by atoms with Gasteiger partial charge in [-0.05, 0) is 81.0 Å². The number of rotatable bonds is 7. The molecular formula is C21H30ClN3O2S. The molecule has 2 aromatic rings. The maximum Gasteiger partial charge on any atom is 0.225 e. The second kappa shape index (κ2) is 8.42. The van der Waals surface area contributed by atoms with E-state index in [2.05, 4.69) is 21.7 Å². The van der Waals surface area contributed by atoms with Gasteiger partial charge in [0.2, 0.25) is 5.88 Å². The zero-order chi connectivity index (χ0) is 19.7. The van der Waals surface area contributed by atoms with Crippen molar-refractivity contribution >= 4 is 33.3 Å². The van der Waals surface area contributed by atoms with E-state index in [0.29, 0.717) is 5.92 Å². The molecule has 0 unspecified atom stereocenters. The van der Waals surface area contributed by atoms with Crippen molar-refractivity contribution < 1.29 is 9.84 Å². The second-order valence-corrected chi connectivity index (χ2v) is 9.65. The highest BCUT2D eigenvalue weighted by Crippen LogP contribution is 2.48. The van der Waals surface area contributed by atoms with Crippen LogP contribution in [0.5, 0.6) is 5.88 Å². The van der Waals surface area contributed by atoms with Crippen LogP contribution in [0.15, 0.2) is 6.33 Å². The van der Waals surface area contributed by atoms with Crippen molar-refractivity contribution in [2.45, 2.75) is 95.3 Å². The van der Waals surface area contributed by atoms with Gasteiger partial charge in [0.05, 0.1) is 11.5 Å². The molecule has 2 aromatic heterocycles. The molecular weight excluding hydrogens is 394 g/mol. The van der Waals surface area contributed by atoms with Gasteiger partial charge in [0.15, 0.2) is 0 Å². The Kier molecular flexibility index (Phi) is 6.12. The Morgan fingerprint density at radius 2 is 2.11 bits per heavy atom. The van der Waals surface area contributed by atoms with E-state index in [4.69, 9.17) is 16.5 Å². The lowest BCUT2D eigenvalue weighted by atomic mass is 9.79. The van der Waals surface area contributed by atoms with E-state index < -0.39 is 0 Å². The standard InChI is InChI=1S/C21H30ClN3O2S/c1-3-14(26)11-13-5-6-16-17(13)18-19(23-12-24-20(18)28-16)27-15-7-9-21(4-2,25-22)10-8-15/h12-15,25-26H,3-11H2,1-2H3/t13-,14-,15?,21?/m1/s1. The van der Waals surface area contributed by atoms with Gasteiger partial charge in [-0.2, -0.15) is 0 Å². The van der Waals surface area contributed by atoms with Crippen LogP contribution in [0.3, 0.4) is 0 Å². The third kappa shape index (κ3) is 3.76. The monoisotopic (exact) mass is 423 g/mol. The fraction of sp³-hybridized carbons (Fsp3) is 0.714. The van der Waals surface area contributed by atoms with Gasteiger partial charge in [-0.1, -0.05) is 13.8 Å². The minimum atomic E-state index is -0.247. The molecule has 28 heavy (non-hydrogen) atoms. The van der Waals surface area contributed by atoms with Crippen LogP contribution in [0.25, 0.3) is 10.2 Å². The van der Waals surface area contributed by atoms with Crippen LogP contribution in [-0.2, 0) is 6.42 Å². The number of halogens is 1. The van der Waals surface area contributed by atoms with Gasteiger partial charge in [-0.3, -0.25) is 0 Å². The maximum atomic E-state index is 10.2. The van der Waals surface area contributed by atoms with Crippen LogP contribution in [-0.4, -0.2) is 32.8 Å². The Labute approximate surface area is 176 Å². The predicted octanol–water partition coefficient (Wildman–Crippen LogP) is 5.10. The second-order valence-electron chi connectivity index (χ2n) is 8.38. The maximum absolute atomic E-state index is 10.2. The number of aliphatic hydroxyl groups excluding tert-OH is 1. The number of fused-ring (bicyclic) bond motifs is 3. The van der Waals surface area contributed by atoms with Crippen LogP contribution in [0.2, 0.25) is 0 Å². The summed E-state index contributed by atoms with van der Waals surface area (Å²) >= 11 is 7.78. The van der Waals surface area contributed by atoms with Crippen molar-refractivity contribution in [3.63, 3.8) is 0 Å². The largest absolute Gasteiger partial charge is 0.474 e. The number of ether oxygens (including phenoxy) is 1. The van der Waals surface area contributed by atoms with Crippen LogP contribution in [0.1, 0.15) is 81.6 Å². The van der Waals surface area contributed by atoms with Gasteiger partial charge in [0.25, 0.3) is 0 Å². The number of hydrogen-bond acceptors (Lipinski definition) is 6. The highest BCUT2D eigenvalue weighted by Gasteiger charge is 2.35. The third-order valence-corrected chi connectivity index (χ3v) is 8.34. The van der Waals surface area contributed by atoms with E-state index in [1.165, 1.54) is 10.4 Å². The number of aryl methyl sites for hydroxylation is 1. The smallest absolute Gasteiger partial charge is 0.225 e. The number of nitrogens with zero attached hydrogens (tertiary/aromatic N) is 2. The summed E-state index contributed by atoms with van der Waals surface area (Å²) in [6.45, 7) is 4.23. The summed E-state index contributed by atoms with van der Waals surface area (Å²) in [5.41, 5.74) is 1.37. The molecule has 0 aromatic carbocycles. The van der Waals surface area contributed by atoms with Crippen molar-refractivity contribution in [3.05, 3.63) is 16.8 Å². The average molecular weight is 424 g/mol. The van der Waals surface area contributed by atoms with E-state index in [-0.39, 0.29) is 17.7 Å². The van der Waals surface area contributed by atoms with E-state index >= 15 is 0 Å². The predicted molar refractivity (Wildman–Crippen MR) is 114 cm³/mol. The zero-order valence-corrected chi connectivity index (χ0v) is 18.3. The summed E-state index contributed by atoms with van der Waals surface area (Å²) in [4.78, 5) is 14.5. The van der Waals surface area contributed by atoms with E-state index in [1.807, 2.05) is 6.92 Å². The van der Waals surface area contributed by atoms with Gasteiger partial charge in [0, 0.05) is 10.4 Å². The van der Waals surface area contributed by atoms with Crippen molar-refractivity contribution in [2.24, 2.45) is 0 Å². The molecule has 154 valence electrons. The first-order valence-electron chi connectivity index (χ1n) is 10.6. The summed E-state index contributed by atoms with van der Waals surface area (Å²) < 4.78 is 6.44. The Bertz CT molecular complexity index is 813. The Hall–Kier alpha value is -0.950. The highest BCUT2D eigenvalue weighted by atomic mass is 35.5. The lowest BCUT2D eigenvalue weighted by Gasteiger charge is -2.38. The molecule has 0 radical (unpaired) electrons. The Morgan fingerprint density at radius 3 is 2.79 bits per heavy atom. The molecule has 5 nitrogen and oxygen atoms in total. The van der Waals surface area contributed by atoms with Crippen molar-refractivity contribution in [1.82, 2.24) is 14.8 Å². The lowest BCUT2D eigenvalue weighted by molar-refractivity contribution is 0.107. The highest BCUT2D eigenvalue weighted by molar-refractivity contribution is 7.19. The topological polar surface area (TPSA) is 67.3 Å². The fourth-order valence-electron chi connectivity index (χ4n) is 4.79. The van der Waals surface area contributed by atoms with Gasteiger partial charge >= 0.3 is 0 Å². The molecule has 0 amide bonds. The van der Waals surface area contributed by atoms with Gasteiger partial charge < -0.3 is 9.84 Å². The van der Waals surface area contributed by atoms with Gasteiger partial charge in [-0.25, -0.2) is 14.8 Å². The van der Waals surface area contributed by atoms with Crippen LogP contribution in [0.4, 0.5) is 0 Å². The first-order valence-corrected chi connectivity index (χ1v) is 11.8. The molecule has 4 rings (SSSR count). The Balaban J connectivity index is 1.57. The normalized spacial score (nSPS) is 28.4. The number of aromatic nitrogens is 2. The SMILES string of the molecule is CC[C@@H](O)C[C@H]1CCc2sc3ncnc(OC4CCC(CC)(NCl)CC4)c3c21. The third-order valence-electron chi connectivity index (χ3n) is 6.77. The summed E-state index contributed by atoms with van der Waals surface area (Å²) in [5.74, 6) is 1.11. The molecule has 0 bridgehead atoms. The zero-order valence-electron chi connectivity index (χ0n) is 16.7. The summed E-state index contributed by atoms with van der Waals surface area (Å²) in [7, 11) is 0. The van der Waals surface area contributed by atoms with Crippen LogP contribution in [0, 0.1) is 0 Å². The molecule has 2 N–H and O–H groups in total. The van der Waals surface area contributed by atoms with Crippen molar-refractivity contribution in [3.8, 4) is 5.88 Å². The molecule has 1 saturated carbocycles. The van der Waals surface area contributed by atoms with Crippen LogP contribution < -0.4 is 9.57 Å². The van der Waals surface area contributed by atoms with Gasteiger partial charge in [-0.15, -0.1) is 11.3 Å². The molecule has 1 fully saturated rings. The number of thiophene rings is 1. The first kappa shape index (κ1) is 20.3. The number of hydrogen-bond donors (Lipinski definition) is 2. The van der Waals surface area contributed by atoms with E-state index in [9.17, 15) is 5.11 Å². The quantitative estimate of drug-likeness (QED) is 0.606. The van der Waals surface area contributed by atoms with E-state index in [0.717, 1.165) is 73.9 Å². The minimum Gasteiger partial charge on any atom is -0.474 e. The minimum absolute atomic E-state index is 0.0351. The number of nitrogens with one attached hydrogen (secondary N) is 1. The summed E-state index contributed by atoms with van der Waals surface area (Å²) in [5, 5.41) is 11.3. The first-order chi connectivity index (χ1) is 13.6. The molecule has 0 spiro atoms. The summed E-state index contributed by atoms with van der Waals surface area (Å²) in [6.07, 6.45) is 10.3. The average Bonchev–Trinajstić information content (AvgIpc) is 3.29. The van der Waals surface area contributed by atoms with Crippen molar-refractivity contribution in [1.29, 1.82) is 0 Å². The number of aliphatic hydroxyl groups is 1. The molecule has 2 heterocycles. The Morgan fingerprint density at radius 1 is 1.32 bits per heavy atom. The van der Waals surface area contributed by atoms with Crippen LogP contribution >= 0.6 is 23.1 Å². The lowest BCUT2D eigenvalue weighted by Crippen LogP contribution is -2.44.